The van der Waals surface area contributed by atoms with E-state index in [1.165, 1.54) is 0 Å². The number of methoxy groups -OCH3 is 1. The summed E-state index contributed by atoms with van der Waals surface area (Å²) in [5.41, 5.74) is 0. The first kappa shape index (κ1) is 15.2. The average molecular weight is 304 g/mol. The van der Waals surface area contributed by atoms with Gasteiger partial charge < -0.3 is 19.8 Å². The summed E-state index contributed by atoms with van der Waals surface area (Å²) in [5.74, 6) is 0.850. The van der Waals surface area contributed by atoms with E-state index in [9.17, 15) is 8.42 Å². The largest absolute Gasteiger partial charge is 0.407 e. The van der Waals surface area contributed by atoms with Crippen LogP contribution in [0.4, 0.5) is 6.01 Å². The highest BCUT2D eigenvalue weighted by atomic mass is 32.2. The molecule has 0 radical (unpaired) electrons. The quantitative estimate of drug-likeness (QED) is 0.667. The molecule has 0 aliphatic carbocycles. The zero-order chi connectivity index (χ0) is 14.4. The van der Waals surface area contributed by atoms with E-state index in [-0.39, 0.29) is 23.6 Å². The highest BCUT2D eigenvalue weighted by Crippen LogP contribution is 2.16. The van der Waals surface area contributed by atoms with Gasteiger partial charge in [0, 0.05) is 19.7 Å². The van der Waals surface area contributed by atoms with Gasteiger partial charge in [0.25, 0.3) is 0 Å². The molecule has 1 aliphatic heterocycles. The van der Waals surface area contributed by atoms with Crippen molar-refractivity contribution in [3.63, 3.8) is 0 Å². The van der Waals surface area contributed by atoms with Crippen LogP contribution in [0.5, 0.6) is 0 Å². The van der Waals surface area contributed by atoms with Gasteiger partial charge in [0.15, 0.2) is 9.84 Å². The zero-order valence-electron chi connectivity index (χ0n) is 11.5. The second kappa shape index (κ2) is 7.00. The minimum Gasteiger partial charge on any atom is -0.407 e. The lowest BCUT2D eigenvalue weighted by molar-refractivity contribution is 0.198. The van der Waals surface area contributed by atoms with Gasteiger partial charge in [0.1, 0.15) is 0 Å². The van der Waals surface area contributed by atoms with Crippen LogP contribution in [0.3, 0.4) is 0 Å². The molecule has 1 aromatic heterocycles. The molecule has 0 saturated carbocycles. The highest BCUT2D eigenvalue weighted by Gasteiger charge is 2.25. The van der Waals surface area contributed by atoms with Gasteiger partial charge in [-0.3, -0.25) is 0 Å². The molecule has 9 heteroatoms. The van der Waals surface area contributed by atoms with Crippen LogP contribution < -0.4 is 10.6 Å². The molecule has 0 bridgehead atoms. The summed E-state index contributed by atoms with van der Waals surface area (Å²) < 4.78 is 33.4. The first-order valence-corrected chi connectivity index (χ1v) is 8.40. The fourth-order valence-electron chi connectivity index (χ4n) is 2.06. The second-order valence-corrected chi connectivity index (χ2v) is 7.00. The summed E-state index contributed by atoms with van der Waals surface area (Å²) in [6.07, 6.45) is 1.46. The van der Waals surface area contributed by atoms with Crippen LogP contribution in [-0.2, 0) is 21.1 Å². The molecule has 1 unspecified atom stereocenters. The number of nitrogens with zero attached hydrogens (tertiary/aromatic N) is 2. The summed E-state index contributed by atoms with van der Waals surface area (Å²) in [6.45, 7) is 1.77. The number of sulfone groups is 1. The fraction of sp³-hybridized carbons (Fsp3) is 0.818. The van der Waals surface area contributed by atoms with Crippen LogP contribution in [0.15, 0.2) is 4.42 Å². The normalized spacial score (nSPS) is 21.8. The number of nitrogens with one attached hydrogen (secondary N) is 2. The second-order valence-electron chi connectivity index (χ2n) is 4.77. The average Bonchev–Trinajstić information content (AvgIpc) is 2.81. The molecule has 8 nitrogen and oxygen atoms in total. The van der Waals surface area contributed by atoms with E-state index in [0.29, 0.717) is 32.0 Å². The molecule has 0 amide bonds. The molecule has 1 atom stereocenters. The maximum atomic E-state index is 11.5. The maximum Gasteiger partial charge on any atom is 0.315 e. The SMILES string of the molecule is COCCNCc1nnc(NC2CCCS(=O)(=O)C2)o1. The van der Waals surface area contributed by atoms with Gasteiger partial charge in [-0.1, -0.05) is 5.10 Å². The highest BCUT2D eigenvalue weighted by molar-refractivity contribution is 7.91. The molecular weight excluding hydrogens is 284 g/mol. The molecule has 0 aromatic carbocycles. The summed E-state index contributed by atoms with van der Waals surface area (Å²) in [5, 5.41) is 13.8. The van der Waals surface area contributed by atoms with Gasteiger partial charge in [-0.05, 0) is 12.8 Å². The van der Waals surface area contributed by atoms with E-state index >= 15 is 0 Å². The third-order valence-corrected chi connectivity index (χ3v) is 4.84. The number of hydrogen-bond acceptors (Lipinski definition) is 8. The van der Waals surface area contributed by atoms with E-state index < -0.39 is 9.84 Å². The van der Waals surface area contributed by atoms with Crippen LogP contribution in [-0.4, -0.2) is 56.4 Å². The molecule has 0 spiro atoms. The smallest absolute Gasteiger partial charge is 0.315 e. The summed E-state index contributed by atoms with van der Waals surface area (Å²) in [7, 11) is -1.31. The number of rotatable bonds is 7. The molecule has 2 N–H and O–H groups in total. The van der Waals surface area contributed by atoms with Crippen LogP contribution in [0.1, 0.15) is 18.7 Å². The zero-order valence-corrected chi connectivity index (χ0v) is 12.3. The van der Waals surface area contributed by atoms with Crippen molar-refractivity contribution in [2.24, 2.45) is 0 Å². The summed E-state index contributed by atoms with van der Waals surface area (Å²) in [4.78, 5) is 0. The van der Waals surface area contributed by atoms with Crippen LogP contribution in [0.2, 0.25) is 0 Å². The Morgan fingerprint density at radius 3 is 3.05 bits per heavy atom. The van der Waals surface area contributed by atoms with Crippen molar-refractivity contribution in [1.29, 1.82) is 0 Å². The van der Waals surface area contributed by atoms with Crippen molar-refractivity contribution in [2.75, 3.05) is 37.1 Å². The van der Waals surface area contributed by atoms with Crippen molar-refractivity contribution < 1.29 is 17.6 Å². The Morgan fingerprint density at radius 2 is 2.30 bits per heavy atom. The first-order valence-electron chi connectivity index (χ1n) is 6.58. The summed E-state index contributed by atoms with van der Waals surface area (Å²) in [6, 6.07) is 0.124. The Morgan fingerprint density at radius 1 is 1.45 bits per heavy atom. The van der Waals surface area contributed by atoms with Crippen molar-refractivity contribution in [3.05, 3.63) is 5.89 Å². The topological polar surface area (TPSA) is 106 Å². The van der Waals surface area contributed by atoms with Crippen molar-refractivity contribution in [1.82, 2.24) is 15.5 Å². The maximum absolute atomic E-state index is 11.5. The standard InChI is InChI=1S/C11H20N4O4S/c1-18-5-4-12-7-10-14-15-11(19-10)13-9-3-2-6-20(16,17)8-9/h9,12H,2-8H2,1H3,(H,13,15). The Kier molecular flexibility index (Phi) is 5.32. The Balaban J connectivity index is 1.80. The monoisotopic (exact) mass is 304 g/mol. The first-order chi connectivity index (χ1) is 9.59. The van der Waals surface area contributed by atoms with Crippen LogP contribution in [0.25, 0.3) is 0 Å². The molecule has 1 aromatic rings. The predicted molar refractivity (Wildman–Crippen MR) is 73.2 cm³/mol. The minimum atomic E-state index is -2.94. The van der Waals surface area contributed by atoms with Crippen molar-refractivity contribution in [3.8, 4) is 0 Å². The number of anilines is 1. The third kappa shape index (κ3) is 4.73. The number of hydrogen-bond donors (Lipinski definition) is 2. The van der Waals surface area contributed by atoms with Gasteiger partial charge >= 0.3 is 6.01 Å². The molecule has 1 fully saturated rings. The summed E-state index contributed by atoms with van der Waals surface area (Å²) >= 11 is 0. The molecule has 20 heavy (non-hydrogen) atoms. The fourth-order valence-corrected chi connectivity index (χ4v) is 3.70. The lowest BCUT2D eigenvalue weighted by atomic mass is 10.2. The Hall–Kier alpha value is -1.19. The molecule has 1 aliphatic rings. The number of ether oxygens (including phenoxy) is 1. The van der Waals surface area contributed by atoms with Crippen LogP contribution >= 0.6 is 0 Å². The van der Waals surface area contributed by atoms with Gasteiger partial charge in [-0.15, -0.1) is 5.10 Å². The van der Waals surface area contributed by atoms with Crippen molar-refractivity contribution in [2.45, 2.75) is 25.4 Å². The molecule has 114 valence electrons. The van der Waals surface area contributed by atoms with E-state index in [0.717, 1.165) is 6.42 Å². The lowest BCUT2D eigenvalue weighted by Crippen LogP contribution is -2.34. The third-order valence-electron chi connectivity index (χ3n) is 3.02. The van der Waals surface area contributed by atoms with Crippen LogP contribution in [0, 0.1) is 0 Å². The molecule has 2 heterocycles. The van der Waals surface area contributed by atoms with E-state index in [2.05, 4.69) is 20.8 Å². The Bertz CT molecular complexity index is 516. The van der Waals surface area contributed by atoms with Gasteiger partial charge in [0.2, 0.25) is 5.89 Å². The lowest BCUT2D eigenvalue weighted by Gasteiger charge is -2.21. The minimum absolute atomic E-state index is 0.122. The molecular formula is C11H20N4O4S. The van der Waals surface area contributed by atoms with Gasteiger partial charge in [-0.25, -0.2) is 8.42 Å². The predicted octanol–water partition coefficient (Wildman–Crippen LogP) is -0.205. The molecule has 1 saturated heterocycles. The van der Waals surface area contributed by atoms with Crippen molar-refractivity contribution >= 4 is 15.9 Å². The molecule has 2 rings (SSSR count). The van der Waals surface area contributed by atoms with E-state index in [1.54, 1.807) is 7.11 Å². The van der Waals surface area contributed by atoms with Gasteiger partial charge in [-0.2, -0.15) is 0 Å². The van der Waals surface area contributed by atoms with E-state index in [4.69, 9.17) is 9.15 Å². The number of aromatic nitrogens is 2. The van der Waals surface area contributed by atoms with E-state index in [1.807, 2.05) is 0 Å². The Labute approximate surface area is 118 Å². The van der Waals surface area contributed by atoms with Gasteiger partial charge in [0.05, 0.1) is 24.7 Å².